The number of nitrogens with zero attached hydrogens (tertiary/aromatic N) is 2. The number of alkyl halides is 2. The van der Waals surface area contributed by atoms with Gasteiger partial charge in [0.15, 0.2) is 0 Å². The first kappa shape index (κ1) is 24.0. The Morgan fingerprint density at radius 3 is 2.00 bits per heavy atom. The quantitative estimate of drug-likeness (QED) is 0.305. The normalized spacial score (nSPS) is 25.1. The van der Waals surface area contributed by atoms with Gasteiger partial charge in [-0.3, -0.25) is 14.4 Å². The van der Waals surface area contributed by atoms with Crippen molar-refractivity contribution in [2.45, 2.75) is 29.0 Å². The molecule has 32 heavy (non-hydrogen) atoms. The van der Waals surface area contributed by atoms with E-state index in [4.69, 9.17) is 34.8 Å². The van der Waals surface area contributed by atoms with Crippen LogP contribution in [0.1, 0.15) is 28.8 Å². The van der Waals surface area contributed by atoms with Crippen molar-refractivity contribution in [3.05, 3.63) is 68.7 Å². The SMILES string of the molecule is O=C(c1ccc(Cl)cc1)N(Cc1ccc(Cl)c(Cl)c1)N1C(=O)[C@H]2C[C@H](Br)[C@@H](Br)C[C@H]2C1=O. The van der Waals surface area contributed by atoms with E-state index >= 15 is 0 Å². The molecule has 0 aromatic heterocycles. The molecule has 2 aromatic rings. The monoisotopic (exact) mass is 620 g/mol. The van der Waals surface area contributed by atoms with Gasteiger partial charge >= 0.3 is 0 Å². The van der Waals surface area contributed by atoms with E-state index in [9.17, 15) is 14.4 Å². The lowest BCUT2D eigenvalue weighted by molar-refractivity contribution is -0.155. The van der Waals surface area contributed by atoms with Crippen LogP contribution in [0.25, 0.3) is 0 Å². The highest BCUT2D eigenvalue weighted by Gasteiger charge is 2.54. The first-order chi connectivity index (χ1) is 15.2. The molecule has 4 atom stereocenters. The van der Waals surface area contributed by atoms with Crippen LogP contribution in [0.2, 0.25) is 15.1 Å². The predicted molar refractivity (Wildman–Crippen MR) is 131 cm³/mol. The second kappa shape index (κ2) is 9.63. The first-order valence-corrected chi connectivity index (χ1v) is 12.8. The van der Waals surface area contributed by atoms with Crippen LogP contribution in [-0.4, -0.2) is 37.4 Å². The number of rotatable bonds is 4. The van der Waals surface area contributed by atoms with Crippen LogP contribution in [-0.2, 0) is 16.1 Å². The number of amides is 3. The Bertz CT molecular complexity index is 1050. The number of imide groups is 1. The van der Waals surface area contributed by atoms with Crippen molar-refractivity contribution in [3.63, 3.8) is 0 Å². The van der Waals surface area contributed by atoms with E-state index in [0.717, 1.165) is 5.01 Å². The number of hydrogen-bond donors (Lipinski definition) is 0. The smallest absolute Gasteiger partial charge is 0.272 e. The molecule has 0 radical (unpaired) electrons. The number of carbonyl (C=O) groups excluding carboxylic acids is 3. The number of hydrazine groups is 1. The van der Waals surface area contributed by atoms with Crippen LogP contribution in [0.5, 0.6) is 0 Å². The van der Waals surface area contributed by atoms with Gasteiger partial charge in [-0.05, 0) is 54.8 Å². The van der Waals surface area contributed by atoms with Crippen molar-refractivity contribution in [1.82, 2.24) is 10.0 Å². The minimum Gasteiger partial charge on any atom is -0.272 e. The van der Waals surface area contributed by atoms with Crippen molar-refractivity contribution < 1.29 is 14.4 Å². The largest absolute Gasteiger partial charge is 0.273 e. The summed E-state index contributed by atoms with van der Waals surface area (Å²) >= 11 is 25.3. The van der Waals surface area contributed by atoms with Gasteiger partial charge in [-0.25, -0.2) is 5.01 Å². The summed E-state index contributed by atoms with van der Waals surface area (Å²) < 4.78 is 0. The zero-order valence-electron chi connectivity index (χ0n) is 16.5. The van der Waals surface area contributed by atoms with Gasteiger partial charge in [0.05, 0.1) is 28.4 Å². The highest BCUT2D eigenvalue weighted by molar-refractivity contribution is 9.12. The summed E-state index contributed by atoms with van der Waals surface area (Å²) in [6.07, 6.45) is 1.02. The Morgan fingerprint density at radius 2 is 1.47 bits per heavy atom. The van der Waals surface area contributed by atoms with E-state index in [1.54, 1.807) is 42.5 Å². The molecule has 0 spiro atoms. The molecule has 0 N–H and O–H groups in total. The standard InChI is InChI=1S/C22H17Br2Cl3N2O3/c23-16-8-14-15(9-17(16)24)22(32)29(21(14)31)28(10-11-1-6-18(26)19(27)7-11)20(30)12-2-4-13(25)5-3-12/h1-7,14-17H,8-10H2/t14-,15+,16-,17-/m0/s1. The van der Waals surface area contributed by atoms with Crippen molar-refractivity contribution >= 4 is 84.4 Å². The van der Waals surface area contributed by atoms with E-state index in [0.29, 0.717) is 39.0 Å². The fourth-order valence-electron chi connectivity index (χ4n) is 4.10. The third-order valence-corrected chi connectivity index (χ3v) is 9.50. The molecule has 4 rings (SSSR count). The topological polar surface area (TPSA) is 57.7 Å². The van der Waals surface area contributed by atoms with E-state index in [-0.39, 0.29) is 28.0 Å². The summed E-state index contributed by atoms with van der Waals surface area (Å²) in [6.45, 7) is -0.0231. The summed E-state index contributed by atoms with van der Waals surface area (Å²) in [5, 5.41) is 3.37. The maximum Gasteiger partial charge on any atom is 0.273 e. The lowest BCUT2D eigenvalue weighted by Crippen LogP contribution is -2.49. The Labute approximate surface area is 217 Å². The van der Waals surface area contributed by atoms with Gasteiger partial charge < -0.3 is 0 Å². The van der Waals surface area contributed by atoms with Gasteiger partial charge in [-0.15, -0.1) is 0 Å². The molecule has 0 bridgehead atoms. The minimum atomic E-state index is -0.487. The van der Waals surface area contributed by atoms with Crippen molar-refractivity contribution in [3.8, 4) is 0 Å². The maximum absolute atomic E-state index is 13.5. The molecular formula is C22H17Br2Cl3N2O3. The average molecular weight is 624 g/mol. The average Bonchev–Trinajstić information content (AvgIpc) is 2.99. The highest BCUT2D eigenvalue weighted by atomic mass is 79.9. The van der Waals surface area contributed by atoms with Crippen molar-refractivity contribution in [1.29, 1.82) is 0 Å². The van der Waals surface area contributed by atoms with E-state index in [1.165, 1.54) is 5.01 Å². The van der Waals surface area contributed by atoms with Crippen LogP contribution < -0.4 is 0 Å². The number of fused-ring (bicyclic) bond motifs is 1. The van der Waals surface area contributed by atoms with Gasteiger partial charge in [0.2, 0.25) is 0 Å². The Balaban J connectivity index is 1.72. The number of carbonyl (C=O) groups is 3. The zero-order valence-corrected chi connectivity index (χ0v) is 21.9. The van der Waals surface area contributed by atoms with E-state index < -0.39 is 17.7 Å². The van der Waals surface area contributed by atoms with Crippen LogP contribution in [0.3, 0.4) is 0 Å². The molecule has 1 aliphatic carbocycles. The molecule has 10 heteroatoms. The molecule has 1 aliphatic heterocycles. The van der Waals surface area contributed by atoms with Gasteiger partial charge in [0, 0.05) is 20.2 Å². The highest BCUT2D eigenvalue weighted by Crippen LogP contribution is 2.44. The van der Waals surface area contributed by atoms with E-state index in [1.807, 2.05) is 0 Å². The fraction of sp³-hybridized carbons (Fsp3) is 0.318. The minimum absolute atomic E-state index is 0.0231. The first-order valence-electron chi connectivity index (χ1n) is 9.84. The number of halogens is 5. The molecule has 2 aromatic carbocycles. The van der Waals surface area contributed by atoms with Crippen LogP contribution in [0.15, 0.2) is 42.5 Å². The molecule has 1 saturated heterocycles. The molecule has 0 unspecified atom stereocenters. The van der Waals surface area contributed by atoms with Crippen LogP contribution in [0, 0.1) is 11.8 Å². The molecule has 2 aliphatic rings. The predicted octanol–water partition coefficient (Wildman–Crippen LogP) is 6.13. The van der Waals surface area contributed by atoms with Gasteiger partial charge in [-0.2, -0.15) is 5.01 Å². The third-order valence-electron chi connectivity index (χ3n) is 5.77. The Kier molecular flexibility index (Phi) is 7.23. The lowest BCUT2D eigenvalue weighted by atomic mass is 9.81. The Morgan fingerprint density at radius 1 is 0.906 bits per heavy atom. The molecule has 1 saturated carbocycles. The summed E-state index contributed by atoms with van der Waals surface area (Å²) in [7, 11) is 0. The molecule has 3 amide bonds. The van der Waals surface area contributed by atoms with Crippen molar-refractivity contribution in [2.24, 2.45) is 11.8 Å². The molecule has 168 valence electrons. The fourth-order valence-corrected chi connectivity index (χ4v) is 5.79. The van der Waals surface area contributed by atoms with Gasteiger partial charge in [-0.1, -0.05) is 72.7 Å². The van der Waals surface area contributed by atoms with Crippen LogP contribution >= 0.6 is 66.7 Å². The summed E-state index contributed by atoms with van der Waals surface area (Å²) in [4.78, 5) is 40.3. The van der Waals surface area contributed by atoms with Gasteiger partial charge in [0.25, 0.3) is 17.7 Å². The number of hydrogen-bond acceptors (Lipinski definition) is 3. The lowest BCUT2D eigenvalue weighted by Gasteiger charge is -2.30. The molecule has 2 fully saturated rings. The molecule has 1 heterocycles. The Hall–Kier alpha value is -1.12. The van der Waals surface area contributed by atoms with Gasteiger partial charge in [0.1, 0.15) is 0 Å². The summed E-state index contributed by atoms with van der Waals surface area (Å²) in [5.74, 6) is -2.18. The van der Waals surface area contributed by atoms with Crippen molar-refractivity contribution in [2.75, 3.05) is 0 Å². The summed E-state index contributed by atoms with van der Waals surface area (Å²) in [5.41, 5.74) is 0.940. The zero-order chi connectivity index (χ0) is 23.2. The maximum atomic E-state index is 13.5. The summed E-state index contributed by atoms with van der Waals surface area (Å²) in [6, 6.07) is 11.2. The molecule has 5 nitrogen and oxygen atoms in total. The third kappa shape index (κ3) is 4.60. The van der Waals surface area contributed by atoms with E-state index in [2.05, 4.69) is 31.9 Å². The number of benzene rings is 2. The second-order valence-corrected chi connectivity index (χ2v) is 11.4. The van der Waals surface area contributed by atoms with Crippen LogP contribution in [0.4, 0.5) is 0 Å². The second-order valence-electron chi connectivity index (χ2n) is 7.82. The molecular weight excluding hydrogens is 606 g/mol.